The van der Waals surface area contributed by atoms with Gasteiger partial charge in [-0.3, -0.25) is 4.79 Å². The molecule has 2 rings (SSSR count). The SMILES string of the molecule is CC(=O)N/N=C/c1ccccc1OCCCOc1ccc(Cl)c(C)c1. The zero-order valence-electron chi connectivity index (χ0n) is 14.3. The van der Waals surface area contributed by atoms with Crippen LogP contribution in [-0.2, 0) is 4.79 Å². The van der Waals surface area contributed by atoms with Crippen LogP contribution >= 0.6 is 11.6 Å². The van der Waals surface area contributed by atoms with Crippen molar-refractivity contribution in [1.82, 2.24) is 5.43 Å². The van der Waals surface area contributed by atoms with Gasteiger partial charge in [-0.15, -0.1) is 0 Å². The van der Waals surface area contributed by atoms with Gasteiger partial charge in [0, 0.05) is 23.9 Å². The molecule has 1 amide bonds. The highest BCUT2D eigenvalue weighted by atomic mass is 35.5. The van der Waals surface area contributed by atoms with Gasteiger partial charge in [0.1, 0.15) is 11.5 Å². The van der Waals surface area contributed by atoms with E-state index in [4.69, 9.17) is 21.1 Å². The number of benzene rings is 2. The Morgan fingerprint density at radius 2 is 1.96 bits per heavy atom. The van der Waals surface area contributed by atoms with E-state index in [0.717, 1.165) is 28.3 Å². The van der Waals surface area contributed by atoms with Gasteiger partial charge in [0.15, 0.2) is 0 Å². The Morgan fingerprint density at radius 1 is 1.20 bits per heavy atom. The second-order valence-electron chi connectivity index (χ2n) is 5.43. The number of aryl methyl sites for hydroxylation is 1. The summed E-state index contributed by atoms with van der Waals surface area (Å²) >= 11 is 5.99. The van der Waals surface area contributed by atoms with Crippen LogP contribution in [0.5, 0.6) is 11.5 Å². The Balaban J connectivity index is 1.78. The Bertz CT molecular complexity index is 747. The van der Waals surface area contributed by atoms with Crippen LogP contribution in [0, 0.1) is 6.92 Å². The molecule has 0 aliphatic carbocycles. The third-order valence-corrected chi connectivity index (χ3v) is 3.71. The van der Waals surface area contributed by atoms with E-state index in [0.29, 0.717) is 19.0 Å². The lowest BCUT2D eigenvalue weighted by Crippen LogP contribution is -2.12. The van der Waals surface area contributed by atoms with Crippen molar-refractivity contribution < 1.29 is 14.3 Å². The number of carbonyl (C=O) groups excluding carboxylic acids is 1. The molecule has 1 N–H and O–H groups in total. The average Bonchev–Trinajstić information content (AvgIpc) is 2.58. The summed E-state index contributed by atoms with van der Waals surface area (Å²) in [5, 5.41) is 4.59. The van der Waals surface area contributed by atoms with Crippen LogP contribution < -0.4 is 14.9 Å². The Kier molecular flexibility index (Phi) is 7.29. The molecule has 0 aliphatic rings. The summed E-state index contributed by atoms with van der Waals surface area (Å²) in [6.07, 6.45) is 2.29. The van der Waals surface area contributed by atoms with Crippen LogP contribution in [0.15, 0.2) is 47.6 Å². The summed E-state index contributed by atoms with van der Waals surface area (Å²) in [6, 6.07) is 13.1. The number of rotatable bonds is 8. The van der Waals surface area contributed by atoms with Crippen molar-refractivity contribution in [2.45, 2.75) is 20.3 Å². The molecule has 2 aromatic carbocycles. The lowest BCUT2D eigenvalue weighted by Gasteiger charge is -2.10. The maximum atomic E-state index is 10.8. The minimum atomic E-state index is -0.218. The molecule has 0 saturated carbocycles. The first kappa shape index (κ1) is 18.8. The van der Waals surface area contributed by atoms with Gasteiger partial charge in [-0.2, -0.15) is 5.10 Å². The summed E-state index contributed by atoms with van der Waals surface area (Å²) in [5.74, 6) is 1.29. The second-order valence-corrected chi connectivity index (χ2v) is 5.83. The quantitative estimate of drug-likeness (QED) is 0.440. The van der Waals surface area contributed by atoms with Gasteiger partial charge in [-0.1, -0.05) is 23.7 Å². The number of nitrogens with one attached hydrogen (secondary N) is 1. The van der Waals surface area contributed by atoms with Crippen molar-refractivity contribution >= 4 is 23.7 Å². The minimum absolute atomic E-state index is 0.218. The van der Waals surface area contributed by atoms with Gasteiger partial charge < -0.3 is 9.47 Å². The normalized spacial score (nSPS) is 10.7. The van der Waals surface area contributed by atoms with Crippen LogP contribution in [0.3, 0.4) is 0 Å². The first-order valence-corrected chi connectivity index (χ1v) is 8.34. The molecule has 2 aromatic rings. The van der Waals surface area contributed by atoms with E-state index < -0.39 is 0 Å². The van der Waals surface area contributed by atoms with Crippen LogP contribution in [0.4, 0.5) is 0 Å². The average molecular weight is 361 g/mol. The molecule has 132 valence electrons. The standard InChI is InChI=1S/C19H21ClN2O3/c1-14-12-17(8-9-18(14)20)24-10-5-11-25-19-7-4-3-6-16(19)13-21-22-15(2)23/h3-4,6-9,12-13H,5,10-11H2,1-2H3,(H,22,23)/b21-13+. The molecule has 0 atom stereocenters. The number of halogens is 1. The summed E-state index contributed by atoms with van der Waals surface area (Å²) in [7, 11) is 0. The fourth-order valence-electron chi connectivity index (χ4n) is 2.05. The van der Waals surface area contributed by atoms with Crippen molar-refractivity contribution in [3.63, 3.8) is 0 Å². The van der Waals surface area contributed by atoms with Crippen molar-refractivity contribution in [3.8, 4) is 11.5 Å². The molecule has 5 nitrogen and oxygen atoms in total. The third kappa shape index (κ3) is 6.47. The Morgan fingerprint density at radius 3 is 2.72 bits per heavy atom. The van der Waals surface area contributed by atoms with E-state index in [-0.39, 0.29) is 5.91 Å². The first-order chi connectivity index (χ1) is 12.1. The van der Waals surface area contributed by atoms with Gasteiger partial charge in [-0.05, 0) is 42.8 Å². The fourth-order valence-corrected chi connectivity index (χ4v) is 2.17. The summed E-state index contributed by atoms with van der Waals surface area (Å²) in [5.41, 5.74) is 4.16. The molecule has 0 aromatic heterocycles. The van der Waals surface area contributed by atoms with Crippen LogP contribution in [-0.4, -0.2) is 25.3 Å². The predicted molar refractivity (Wildman–Crippen MR) is 99.6 cm³/mol. The molecular formula is C19H21ClN2O3. The number of nitrogens with zero attached hydrogens (tertiary/aromatic N) is 1. The number of hydrazone groups is 1. The first-order valence-electron chi connectivity index (χ1n) is 7.96. The minimum Gasteiger partial charge on any atom is -0.493 e. The van der Waals surface area contributed by atoms with E-state index in [2.05, 4.69) is 10.5 Å². The molecule has 0 heterocycles. The van der Waals surface area contributed by atoms with Crippen molar-refractivity contribution in [3.05, 3.63) is 58.6 Å². The maximum absolute atomic E-state index is 10.8. The van der Waals surface area contributed by atoms with Gasteiger partial charge in [0.25, 0.3) is 0 Å². The van der Waals surface area contributed by atoms with Gasteiger partial charge in [-0.25, -0.2) is 5.43 Å². The van der Waals surface area contributed by atoms with E-state index >= 15 is 0 Å². The van der Waals surface area contributed by atoms with E-state index in [9.17, 15) is 4.79 Å². The Labute approximate surface area is 152 Å². The highest BCUT2D eigenvalue weighted by Crippen LogP contribution is 2.21. The smallest absolute Gasteiger partial charge is 0.236 e. The highest BCUT2D eigenvalue weighted by Gasteiger charge is 2.02. The van der Waals surface area contributed by atoms with Gasteiger partial charge in [0.2, 0.25) is 5.91 Å². The second kappa shape index (κ2) is 9.69. The summed E-state index contributed by atoms with van der Waals surface area (Å²) in [4.78, 5) is 10.8. The Hall–Kier alpha value is -2.53. The van der Waals surface area contributed by atoms with Gasteiger partial charge in [0.05, 0.1) is 19.4 Å². The zero-order chi connectivity index (χ0) is 18.1. The third-order valence-electron chi connectivity index (χ3n) is 3.29. The summed E-state index contributed by atoms with van der Waals surface area (Å²) < 4.78 is 11.5. The van der Waals surface area contributed by atoms with E-state index in [1.54, 1.807) is 6.21 Å². The lowest BCUT2D eigenvalue weighted by molar-refractivity contribution is -0.118. The largest absolute Gasteiger partial charge is 0.493 e. The van der Waals surface area contributed by atoms with Gasteiger partial charge >= 0.3 is 0 Å². The molecule has 0 fully saturated rings. The molecule has 0 radical (unpaired) electrons. The monoisotopic (exact) mass is 360 g/mol. The number of hydrogen-bond donors (Lipinski definition) is 1. The maximum Gasteiger partial charge on any atom is 0.236 e. The number of para-hydroxylation sites is 1. The fraction of sp³-hybridized carbons (Fsp3) is 0.263. The number of hydrogen-bond acceptors (Lipinski definition) is 4. The lowest BCUT2D eigenvalue weighted by atomic mass is 10.2. The zero-order valence-corrected chi connectivity index (χ0v) is 15.0. The summed E-state index contributed by atoms with van der Waals surface area (Å²) in [6.45, 7) is 4.40. The van der Waals surface area contributed by atoms with Crippen LogP contribution in [0.1, 0.15) is 24.5 Å². The van der Waals surface area contributed by atoms with Crippen LogP contribution in [0.25, 0.3) is 0 Å². The topological polar surface area (TPSA) is 59.9 Å². The van der Waals surface area contributed by atoms with Crippen molar-refractivity contribution in [2.75, 3.05) is 13.2 Å². The molecular weight excluding hydrogens is 340 g/mol. The molecule has 0 spiro atoms. The molecule has 0 unspecified atom stereocenters. The van der Waals surface area contributed by atoms with E-state index in [1.807, 2.05) is 49.4 Å². The van der Waals surface area contributed by atoms with Crippen LogP contribution in [0.2, 0.25) is 5.02 Å². The molecule has 0 aliphatic heterocycles. The van der Waals surface area contributed by atoms with Crippen molar-refractivity contribution in [2.24, 2.45) is 5.10 Å². The molecule has 6 heteroatoms. The number of amides is 1. The number of ether oxygens (including phenoxy) is 2. The molecule has 0 bridgehead atoms. The predicted octanol–water partition coefficient (Wildman–Crippen LogP) is 3.97. The van der Waals surface area contributed by atoms with E-state index in [1.165, 1.54) is 6.92 Å². The number of carbonyl (C=O) groups is 1. The molecule has 0 saturated heterocycles. The molecule has 25 heavy (non-hydrogen) atoms. The van der Waals surface area contributed by atoms with Crippen molar-refractivity contribution in [1.29, 1.82) is 0 Å². The highest BCUT2D eigenvalue weighted by molar-refractivity contribution is 6.31.